The Morgan fingerprint density at radius 3 is 1.07 bits per heavy atom. The fraction of sp³-hybridized carbons (Fsp3) is 1.00. The van der Waals surface area contributed by atoms with Crippen molar-refractivity contribution in [3.05, 3.63) is 0 Å². The quantitative estimate of drug-likeness (QED) is 0.513. The molecule has 1 saturated carbocycles. The van der Waals surface area contributed by atoms with E-state index in [0.29, 0.717) is 0 Å². The minimum atomic E-state index is -2.87. The van der Waals surface area contributed by atoms with Crippen LogP contribution in [0.1, 0.15) is 52.4 Å². The zero-order valence-electron chi connectivity index (χ0n) is 9.41. The molecular formula is C8H26N2O3P+. The minimum absolute atomic E-state index is 0. The van der Waals surface area contributed by atoms with Crippen LogP contribution in [0.4, 0.5) is 0 Å². The van der Waals surface area contributed by atoms with E-state index in [1.54, 1.807) is 0 Å². The predicted molar refractivity (Wildman–Crippen MR) is 61.1 cm³/mol. The molecule has 14 heavy (non-hydrogen) atoms. The Bertz CT molecular complexity index is 90.6. The molecule has 0 aromatic rings. The molecule has 1 fully saturated rings. The summed E-state index contributed by atoms with van der Waals surface area (Å²) >= 11 is 0. The number of hydrogen-bond donors (Lipinski definition) is 4. The Morgan fingerprint density at radius 2 is 1.07 bits per heavy atom. The van der Waals surface area contributed by atoms with Gasteiger partial charge >= 0.3 is 8.25 Å². The smallest absolute Gasteiger partial charge is 0.344 e. The average Bonchev–Trinajstić information content (AvgIpc) is 1.82. The summed E-state index contributed by atoms with van der Waals surface area (Å²) in [5.74, 6) is 0. The van der Waals surface area contributed by atoms with Gasteiger partial charge in [0.05, 0.1) is 0 Å². The van der Waals surface area contributed by atoms with Gasteiger partial charge in [0.2, 0.25) is 0 Å². The highest BCUT2D eigenvalue weighted by atomic mass is 31.1. The molecule has 0 atom stereocenters. The van der Waals surface area contributed by atoms with Gasteiger partial charge in [-0.2, -0.15) is 0 Å². The molecule has 0 aliphatic heterocycles. The molecule has 1 aliphatic carbocycles. The average molecular weight is 229 g/mol. The third-order valence-corrected chi connectivity index (χ3v) is 1.50. The maximum Gasteiger partial charge on any atom is 0.692 e. The van der Waals surface area contributed by atoms with E-state index in [1.807, 2.05) is 0 Å². The summed E-state index contributed by atoms with van der Waals surface area (Å²) in [5, 5.41) is 0. The van der Waals surface area contributed by atoms with E-state index in [4.69, 9.17) is 14.4 Å². The van der Waals surface area contributed by atoms with Crippen LogP contribution in [-0.2, 0) is 4.57 Å². The first-order valence-corrected chi connectivity index (χ1v) is 5.66. The molecule has 0 spiro atoms. The molecule has 6 heteroatoms. The molecule has 1 rings (SSSR count). The van der Waals surface area contributed by atoms with Gasteiger partial charge in [0.25, 0.3) is 0 Å². The Hall–Kier alpha value is -0.0600. The van der Waals surface area contributed by atoms with E-state index in [9.17, 15) is 0 Å². The van der Waals surface area contributed by atoms with Crippen LogP contribution in [-0.4, -0.2) is 9.79 Å². The lowest BCUT2D eigenvalue weighted by Gasteiger charge is -2.05. The van der Waals surface area contributed by atoms with Gasteiger partial charge in [0, 0.05) is 4.57 Å². The Kier molecular flexibility index (Phi) is 38.9. The molecule has 0 heterocycles. The van der Waals surface area contributed by atoms with Crippen molar-refractivity contribution in [3.8, 4) is 0 Å². The summed E-state index contributed by atoms with van der Waals surface area (Å²) in [4.78, 5) is 14.2. The van der Waals surface area contributed by atoms with Crippen LogP contribution in [0.2, 0.25) is 0 Å². The molecule has 0 amide bonds. The first-order chi connectivity index (χ1) is 5.65. The number of hydrogen-bond acceptors (Lipinski definition) is 3. The van der Waals surface area contributed by atoms with Gasteiger partial charge in [-0.15, -0.1) is 9.79 Å². The molecule has 0 saturated heterocycles. The van der Waals surface area contributed by atoms with E-state index in [1.165, 1.54) is 38.5 Å². The van der Waals surface area contributed by atoms with Gasteiger partial charge in [0.15, 0.2) is 0 Å². The van der Waals surface area contributed by atoms with Crippen LogP contribution in [0, 0.1) is 0 Å². The standard InChI is InChI=1S/C4H8.C4H10.2H3N.HO3P/c1-2-4-3-1;1-3-4-2;;;1-4(2)3/h1-4H2;3-4H2,1-2H3;2*1H3;(H-,1,2,3)/p+1. The first kappa shape index (κ1) is 23.6. The fourth-order valence-electron chi connectivity index (χ4n) is 0.250. The SMILES string of the molecule is C1CCC1.CCCC.N.N.O=[P+](O)O. The van der Waals surface area contributed by atoms with Gasteiger partial charge < -0.3 is 12.3 Å². The second-order valence-electron chi connectivity index (χ2n) is 2.67. The van der Waals surface area contributed by atoms with Crippen molar-refractivity contribution in [3.63, 3.8) is 0 Å². The third-order valence-electron chi connectivity index (χ3n) is 1.50. The minimum Gasteiger partial charge on any atom is -0.344 e. The third kappa shape index (κ3) is 58.6. The second-order valence-corrected chi connectivity index (χ2v) is 3.17. The van der Waals surface area contributed by atoms with Crippen LogP contribution >= 0.6 is 8.25 Å². The fourth-order valence-corrected chi connectivity index (χ4v) is 0.250. The molecule has 0 bridgehead atoms. The van der Waals surface area contributed by atoms with Crippen molar-refractivity contribution < 1.29 is 14.4 Å². The summed E-state index contributed by atoms with van der Waals surface area (Å²) in [6, 6.07) is 0. The van der Waals surface area contributed by atoms with Crippen molar-refractivity contribution in [2.45, 2.75) is 52.4 Å². The van der Waals surface area contributed by atoms with E-state index in [-0.39, 0.29) is 12.3 Å². The summed E-state index contributed by atoms with van der Waals surface area (Å²) in [6.45, 7) is 4.36. The Labute approximate surface area is 88.0 Å². The normalized spacial score (nSPS) is 10.9. The van der Waals surface area contributed by atoms with E-state index in [2.05, 4.69) is 13.8 Å². The zero-order valence-corrected chi connectivity index (χ0v) is 10.3. The largest absolute Gasteiger partial charge is 0.692 e. The summed E-state index contributed by atoms with van der Waals surface area (Å²) < 4.78 is 8.70. The zero-order chi connectivity index (χ0) is 9.82. The summed E-state index contributed by atoms with van der Waals surface area (Å²) in [7, 11) is -2.87. The number of rotatable bonds is 1. The second kappa shape index (κ2) is 23.1. The van der Waals surface area contributed by atoms with E-state index < -0.39 is 8.25 Å². The maximum atomic E-state index is 8.70. The van der Waals surface area contributed by atoms with Crippen LogP contribution < -0.4 is 12.3 Å². The molecule has 8 N–H and O–H groups in total. The van der Waals surface area contributed by atoms with Crippen LogP contribution in [0.15, 0.2) is 0 Å². The maximum absolute atomic E-state index is 8.70. The summed E-state index contributed by atoms with van der Waals surface area (Å²) in [5.41, 5.74) is 0. The molecule has 90 valence electrons. The Balaban J connectivity index is -0.0000000500. The first-order valence-electron chi connectivity index (χ1n) is 4.50. The van der Waals surface area contributed by atoms with Gasteiger partial charge in [-0.3, -0.25) is 0 Å². The molecular weight excluding hydrogens is 203 g/mol. The molecule has 0 unspecified atom stereocenters. The van der Waals surface area contributed by atoms with Gasteiger partial charge in [-0.1, -0.05) is 52.4 Å². The van der Waals surface area contributed by atoms with Gasteiger partial charge in [-0.25, -0.2) is 0 Å². The van der Waals surface area contributed by atoms with Crippen molar-refractivity contribution in [2.24, 2.45) is 0 Å². The van der Waals surface area contributed by atoms with Crippen molar-refractivity contribution in [1.29, 1.82) is 0 Å². The lowest BCUT2D eigenvalue weighted by atomic mass is 10.0. The topological polar surface area (TPSA) is 128 Å². The number of unbranched alkanes of at least 4 members (excludes halogenated alkanes) is 1. The lowest BCUT2D eigenvalue weighted by Crippen LogP contribution is -1.85. The molecule has 1 aliphatic rings. The van der Waals surface area contributed by atoms with Gasteiger partial charge in [-0.05, 0) is 0 Å². The molecule has 0 aromatic carbocycles. The highest BCUT2D eigenvalue weighted by molar-refractivity contribution is 7.30. The Morgan fingerprint density at radius 1 is 0.929 bits per heavy atom. The predicted octanol–water partition coefficient (Wildman–Crippen LogP) is 3.32. The van der Waals surface area contributed by atoms with Crippen molar-refractivity contribution in [2.75, 3.05) is 0 Å². The highest BCUT2D eigenvalue weighted by Crippen LogP contribution is 2.15. The molecule has 0 radical (unpaired) electrons. The molecule has 0 aromatic heterocycles. The van der Waals surface area contributed by atoms with Gasteiger partial charge in [0.1, 0.15) is 0 Å². The molecule has 5 nitrogen and oxygen atoms in total. The van der Waals surface area contributed by atoms with E-state index >= 15 is 0 Å². The van der Waals surface area contributed by atoms with Crippen molar-refractivity contribution in [1.82, 2.24) is 12.3 Å². The van der Waals surface area contributed by atoms with E-state index in [0.717, 1.165) is 0 Å². The highest BCUT2D eigenvalue weighted by Gasteiger charge is 1.95. The van der Waals surface area contributed by atoms with Crippen molar-refractivity contribution >= 4 is 8.25 Å². The summed E-state index contributed by atoms with van der Waals surface area (Å²) in [6.07, 6.45) is 8.64. The van der Waals surface area contributed by atoms with Crippen LogP contribution in [0.25, 0.3) is 0 Å². The lowest BCUT2D eigenvalue weighted by molar-refractivity contribution is 0.405. The van der Waals surface area contributed by atoms with Crippen LogP contribution in [0.3, 0.4) is 0 Å². The van der Waals surface area contributed by atoms with Crippen LogP contribution in [0.5, 0.6) is 0 Å². The monoisotopic (exact) mass is 229 g/mol.